The summed E-state index contributed by atoms with van der Waals surface area (Å²) in [6, 6.07) is 8.95. The molecular formula is C20H32N4OS. The number of aliphatic imine (C=N–C) groups is 1. The van der Waals surface area contributed by atoms with Crippen molar-refractivity contribution in [1.82, 2.24) is 15.5 Å². The summed E-state index contributed by atoms with van der Waals surface area (Å²) in [5.74, 6) is 0.944. The van der Waals surface area contributed by atoms with Crippen LogP contribution >= 0.6 is 11.8 Å². The Labute approximate surface area is 162 Å². The topological polar surface area (TPSA) is 56.7 Å². The van der Waals surface area contributed by atoms with Crippen molar-refractivity contribution in [3.05, 3.63) is 29.8 Å². The van der Waals surface area contributed by atoms with Gasteiger partial charge >= 0.3 is 0 Å². The van der Waals surface area contributed by atoms with Crippen molar-refractivity contribution < 1.29 is 4.79 Å². The molecule has 0 bridgehead atoms. The number of thioether (sulfide) groups is 1. The number of nitrogens with one attached hydrogen (secondary N) is 2. The third kappa shape index (κ3) is 6.90. The maximum atomic E-state index is 12.1. The molecule has 0 heterocycles. The van der Waals surface area contributed by atoms with E-state index in [9.17, 15) is 4.79 Å². The van der Waals surface area contributed by atoms with Crippen LogP contribution in [0.5, 0.6) is 0 Å². The van der Waals surface area contributed by atoms with Crippen LogP contribution in [0.2, 0.25) is 0 Å². The van der Waals surface area contributed by atoms with Crippen molar-refractivity contribution in [2.24, 2.45) is 4.99 Å². The van der Waals surface area contributed by atoms with E-state index < -0.39 is 0 Å². The van der Waals surface area contributed by atoms with Gasteiger partial charge in [0.15, 0.2) is 5.96 Å². The highest BCUT2D eigenvalue weighted by Crippen LogP contribution is 2.17. The zero-order valence-corrected chi connectivity index (χ0v) is 17.1. The lowest BCUT2D eigenvalue weighted by Gasteiger charge is -2.24. The second kappa shape index (κ2) is 11.1. The molecule has 2 N–H and O–H groups in total. The smallest absolute Gasteiger partial charge is 0.221 e. The first-order chi connectivity index (χ1) is 12.6. The molecule has 0 saturated heterocycles. The molecule has 1 amide bonds. The second-order valence-electron chi connectivity index (χ2n) is 6.83. The van der Waals surface area contributed by atoms with E-state index in [4.69, 9.17) is 0 Å². The van der Waals surface area contributed by atoms with Crippen LogP contribution < -0.4 is 10.6 Å². The molecule has 2 rings (SSSR count). The quantitative estimate of drug-likeness (QED) is 0.436. The van der Waals surface area contributed by atoms with E-state index in [1.54, 1.807) is 18.8 Å². The van der Waals surface area contributed by atoms with Crippen molar-refractivity contribution in [3.8, 4) is 0 Å². The van der Waals surface area contributed by atoms with E-state index in [2.05, 4.69) is 51.0 Å². The van der Waals surface area contributed by atoms with E-state index in [1.807, 2.05) is 7.05 Å². The first-order valence-electron chi connectivity index (χ1n) is 9.46. The Morgan fingerprint density at radius 3 is 2.54 bits per heavy atom. The van der Waals surface area contributed by atoms with Gasteiger partial charge in [-0.15, -0.1) is 11.8 Å². The Morgan fingerprint density at radius 2 is 1.92 bits per heavy atom. The Balaban J connectivity index is 1.72. The number of benzene rings is 1. The molecule has 0 atom stereocenters. The minimum Gasteiger partial charge on any atom is -0.356 e. The number of hydrogen-bond acceptors (Lipinski definition) is 3. The van der Waals surface area contributed by atoms with Gasteiger partial charge < -0.3 is 15.5 Å². The summed E-state index contributed by atoms with van der Waals surface area (Å²) in [4.78, 5) is 19.8. The van der Waals surface area contributed by atoms with Gasteiger partial charge in [0.2, 0.25) is 5.91 Å². The maximum absolute atomic E-state index is 12.1. The molecular weight excluding hydrogens is 344 g/mol. The molecule has 1 fully saturated rings. The van der Waals surface area contributed by atoms with Gasteiger partial charge in [-0.05, 0) is 36.8 Å². The van der Waals surface area contributed by atoms with Crippen LogP contribution in [-0.2, 0) is 11.3 Å². The first-order valence-corrected chi connectivity index (χ1v) is 10.7. The number of guanidine groups is 1. The molecule has 0 unspecified atom stereocenters. The zero-order chi connectivity index (χ0) is 18.8. The van der Waals surface area contributed by atoms with Crippen LogP contribution in [0.3, 0.4) is 0 Å². The fourth-order valence-electron chi connectivity index (χ4n) is 3.30. The number of carbonyl (C=O) groups excluding carboxylic acids is 1. The minimum absolute atomic E-state index is 0.134. The molecule has 1 saturated carbocycles. The third-order valence-corrected chi connectivity index (χ3v) is 5.50. The third-order valence-electron chi connectivity index (χ3n) is 4.76. The molecule has 1 aromatic carbocycles. The largest absolute Gasteiger partial charge is 0.356 e. The van der Waals surface area contributed by atoms with Crippen LogP contribution in [-0.4, -0.2) is 49.7 Å². The van der Waals surface area contributed by atoms with Gasteiger partial charge in [-0.1, -0.05) is 31.4 Å². The highest BCUT2D eigenvalue weighted by Gasteiger charge is 2.15. The monoisotopic (exact) mass is 376 g/mol. The fraction of sp³-hybridized carbons (Fsp3) is 0.600. The van der Waals surface area contributed by atoms with E-state index in [1.165, 1.54) is 29.7 Å². The van der Waals surface area contributed by atoms with Crippen LogP contribution in [0.25, 0.3) is 0 Å². The molecule has 0 aliphatic heterocycles. The molecule has 26 heavy (non-hydrogen) atoms. The predicted molar refractivity (Wildman–Crippen MR) is 111 cm³/mol. The van der Waals surface area contributed by atoms with Crippen LogP contribution in [0.15, 0.2) is 34.2 Å². The lowest BCUT2D eigenvalue weighted by Crippen LogP contribution is -2.41. The van der Waals surface area contributed by atoms with E-state index in [0.717, 1.165) is 25.3 Å². The summed E-state index contributed by atoms with van der Waals surface area (Å²) in [7, 11) is 3.79. The van der Waals surface area contributed by atoms with Gasteiger partial charge in [0.1, 0.15) is 0 Å². The summed E-state index contributed by atoms with van der Waals surface area (Å²) in [6.45, 7) is 1.38. The normalized spacial score (nSPS) is 15.6. The number of rotatable bonds is 7. The molecule has 0 radical (unpaired) electrons. The molecule has 1 aliphatic rings. The summed E-state index contributed by atoms with van der Waals surface area (Å²) >= 11 is 1.75. The number of carbonyl (C=O) groups is 1. The second-order valence-corrected chi connectivity index (χ2v) is 7.71. The average molecular weight is 377 g/mol. The number of hydrogen-bond donors (Lipinski definition) is 2. The molecule has 0 spiro atoms. The van der Waals surface area contributed by atoms with Gasteiger partial charge in [0, 0.05) is 44.5 Å². The minimum atomic E-state index is 0.134. The lowest BCUT2D eigenvalue weighted by atomic mass is 9.95. The summed E-state index contributed by atoms with van der Waals surface area (Å²) < 4.78 is 0. The van der Waals surface area contributed by atoms with Gasteiger partial charge in [-0.2, -0.15) is 0 Å². The number of nitrogens with zero attached hydrogens (tertiary/aromatic N) is 2. The van der Waals surface area contributed by atoms with Gasteiger partial charge in [-0.3, -0.25) is 9.79 Å². The molecule has 0 aromatic heterocycles. The maximum Gasteiger partial charge on any atom is 0.221 e. The Kier molecular flexibility index (Phi) is 8.81. The molecule has 5 nitrogen and oxygen atoms in total. The SMILES string of the molecule is CN=C(NCCC(=O)NC1CCCCC1)N(C)Cc1ccc(SC)cc1. The Hall–Kier alpha value is -1.69. The summed E-state index contributed by atoms with van der Waals surface area (Å²) in [6.07, 6.45) is 8.58. The van der Waals surface area contributed by atoms with Crippen LogP contribution in [0.4, 0.5) is 0 Å². The average Bonchev–Trinajstić information content (AvgIpc) is 2.66. The van der Waals surface area contributed by atoms with Gasteiger partial charge in [0.25, 0.3) is 0 Å². The van der Waals surface area contributed by atoms with Crippen molar-refractivity contribution >= 4 is 23.6 Å². The Morgan fingerprint density at radius 1 is 1.23 bits per heavy atom. The summed E-state index contributed by atoms with van der Waals surface area (Å²) in [5.41, 5.74) is 1.24. The van der Waals surface area contributed by atoms with Gasteiger partial charge in [0.05, 0.1) is 0 Å². The first kappa shape index (κ1) is 20.6. The fourth-order valence-corrected chi connectivity index (χ4v) is 3.71. The lowest BCUT2D eigenvalue weighted by molar-refractivity contribution is -0.121. The van der Waals surface area contributed by atoms with Crippen molar-refractivity contribution in [2.45, 2.75) is 56.0 Å². The van der Waals surface area contributed by atoms with E-state index in [-0.39, 0.29) is 5.91 Å². The van der Waals surface area contributed by atoms with Crippen LogP contribution in [0, 0.1) is 0 Å². The standard InChI is InChI=1S/C20H32N4OS/c1-21-20(24(2)15-16-9-11-18(26-3)12-10-16)22-14-13-19(25)23-17-7-5-4-6-8-17/h9-12,17H,4-8,13-15H2,1-3H3,(H,21,22)(H,23,25). The molecule has 1 aliphatic carbocycles. The van der Waals surface area contributed by atoms with Gasteiger partial charge in [-0.25, -0.2) is 0 Å². The molecule has 6 heteroatoms. The highest BCUT2D eigenvalue weighted by molar-refractivity contribution is 7.98. The van der Waals surface area contributed by atoms with Crippen molar-refractivity contribution in [2.75, 3.05) is 26.9 Å². The molecule has 144 valence electrons. The van der Waals surface area contributed by atoms with E-state index >= 15 is 0 Å². The highest BCUT2D eigenvalue weighted by atomic mass is 32.2. The summed E-state index contributed by atoms with van der Waals surface area (Å²) in [5, 5.41) is 6.45. The molecule has 1 aromatic rings. The van der Waals surface area contributed by atoms with Crippen molar-refractivity contribution in [1.29, 1.82) is 0 Å². The van der Waals surface area contributed by atoms with Crippen molar-refractivity contribution in [3.63, 3.8) is 0 Å². The Bertz CT molecular complexity index is 582. The zero-order valence-electron chi connectivity index (χ0n) is 16.3. The van der Waals surface area contributed by atoms with Crippen LogP contribution in [0.1, 0.15) is 44.1 Å². The predicted octanol–water partition coefficient (Wildman–Crippen LogP) is 3.25. The van der Waals surface area contributed by atoms with E-state index in [0.29, 0.717) is 19.0 Å². The number of amides is 1.